The lowest BCUT2D eigenvalue weighted by molar-refractivity contribution is 0.257. The molecule has 1 atom stereocenters. The fourth-order valence-electron chi connectivity index (χ4n) is 3.77. The Balaban J connectivity index is 1.60. The first kappa shape index (κ1) is 15.4. The van der Waals surface area contributed by atoms with Crippen LogP contribution in [0.1, 0.15) is 69.9 Å². The number of hydrogen-bond acceptors (Lipinski definition) is 3. The van der Waals surface area contributed by atoms with Crippen LogP contribution in [0.4, 0.5) is 0 Å². The summed E-state index contributed by atoms with van der Waals surface area (Å²) in [5, 5.41) is 2.03. The van der Waals surface area contributed by atoms with Crippen molar-refractivity contribution in [3.05, 3.63) is 23.9 Å². The van der Waals surface area contributed by atoms with Crippen LogP contribution < -0.4 is 0 Å². The smallest absolute Gasteiger partial charge is 0.0962 e. The first-order valence-corrected chi connectivity index (χ1v) is 9.61. The molecule has 1 aromatic heterocycles. The quantitative estimate of drug-likeness (QED) is 0.757. The van der Waals surface area contributed by atoms with Crippen LogP contribution in [0.2, 0.25) is 0 Å². The summed E-state index contributed by atoms with van der Waals surface area (Å²) in [6.45, 7) is 4.76. The van der Waals surface area contributed by atoms with Crippen molar-refractivity contribution < 1.29 is 0 Å². The minimum absolute atomic E-state index is 0.617. The van der Waals surface area contributed by atoms with Gasteiger partial charge < -0.3 is 0 Å². The van der Waals surface area contributed by atoms with E-state index in [0.717, 1.165) is 5.25 Å². The zero-order valence-electron chi connectivity index (χ0n) is 13.3. The van der Waals surface area contributed by atoms with E-state index >= 15 is 0 Å². The van der Waals surface area contributed by atoms with Crippen molar-refractivity contribution in [1.82, 2.24) is 9.88 Å². The first-order chi connectivity index (χ1) is 10.4. The second kappa shape index (κ2) is 7.64. The number of likely N-dealkylation sites (tertiary alicyclic amines) is 1. The summed E-state index contributed by atoms with van der Waals surface area (Å²) in [7, 11) is 0. The SMILES string of the molecule is CCCN1CCC[C@H]1c1ccc(SC2CCCCC2)nc1. The van der Waals surface area contributed by atoms with Crippen molar-refractivity contribution in [3.63, 3.8) is 0 Å². The second-order valence-corrected chi connectivity index (χ2v) is 7.82. The molecule has 0 radical (unpaired) electrons. The highest BCUT2D eigenvalue weighted by Gasteiger charge is 2.25. The molecule has 116 valence electrons. The van der Waals surface area contributed by atoms with Gasteiger partial charge in [-0.1, -0.05) is 32.3 Å². The molecule has 0 bridgehead atoms. The van der Waals surface area contributed by atoms with Gasteiger partial charge in [-0.2, -0.15) is 0 Å². The molecule has 0 amide bonds. The summed E-state index contributed by atoms with van der Waals surface area (Å²) in [4.78, 5) is 7.38. The summed E-state index contributed by atoms with van der Waals surface area (Å²) in [5.41, 5.74) is 1.42. The Labute approximate surface area is 133 Å². The predicted molar refractivity (Wildman–Crippen MR) is 90.8 cm³/mol. The fraction of sp³-hybridized carbons (Fsp3) is 0.722. The molecule has 0 unspecified atom stereocenters. The molecule has 1 saturated heterocycles. The maximum absolute atomic E-state index is 4.75. The van der Waals surface area contributed by atoms with E-state index in [1.54, 1.807) is 0 Å². The Morgan fingerprint density at radius 1 is 1.14 bits per heavy atom. The van der Waals surface area contributed by atoms with Gasteiger partial charge >= 0.3 is 0 Å². The minimum atomic E-state index is 0.617. The summed E-state index contributed by atoms with van der Waals surface area (Å²) >= 11 is 2.00. The monoisotopic (exact) mass is 304 g/mol. The van der Waals surface area contributed by atoms with Crippen LogP contribution >= 0.6 is 11.8 Å². The third kappa shape index (κ3) is 4.01. The van der Waals surface area contributed by atoms with Gasteiger partial charge in [0.1, 0.15) is 0 Å². The van der Waals surface area contributed by atoms with Gasteiger partial charge in [-0.15, -0.1) is 11.8 Å². The van der Waals surface area contributed by atoms with Crippen LogP contribution in [0, 0.1) is 0 Å². The number of thioether (sulfide) groups is 1. The molecule has 3 rings (SSSR count). The maximum Gasteiger partial charge on any atom is 0.0962 e. The van der Waals surface area contributed by atoms with Gasteiger partial charge in [0.05, 0.1) is 5.03 Å². The van der Waals surface area contributed by atoms with E-state index in [0.29, 0.717) is 6.04 Å². The lowest BCUT2D eigenvalue weighted by Crippen LogP contribution is -2.24. The molecular formula is C18H28N2S. The standard InChI is InChI=1S/C18H28N2S/c1-2-12-20-13-6-9-17(20)15-10-11-18(19-14-15)21-16-7-4-3-5-8-16/h10-11,14,16-17H,2-9,12-13H2,1H3/t17-/m0/s1. The maximum atomic E-state index is 4.75. The van der Waals surface area contributed by atoms with Crippen molar-refractivity contribution in [2.24, 2.45) is 0 Å². The van der Waals surface area contributed by atoms with Crippen molar-refractivity contribution >= 4 is 11.8 Å². The average molecular weight is 305 g/mol. The zero-order valence-corrected chi connectivity index (χ0v) is 14.1. The topological polar surface area (TPSA) is 16.1 Å². The summed E-state index contributed by atoms with van der Waals surface area (Å²) in [6, 6.07) is 5.21. The Morgan fingerprint density at radius 3 is 2.71 bits per heavy atom. The van der Waals surface area contributed by atoms with Gasteiger partial charge in [-0.25, -0.2) is 4.98 Å². The van der Waals surface area contributed by atoms with Crippen LogP contribution in [0.5, 0.6) is 0 Å². The molecule has 0 aromatic carbocycles. The number of nitrogens with zero attached hydrogens (tertiary/aromatic N) is 2. The van der Waals surface area contributed by atoms with Crippen molar-refractivity contribution in [1.29, 1.82) is 0 Å². The molecule has 3 heteroatoms. The zero-order chi connectivity index (χ0) is 14.5. The molecular weight excluding hydrogens is 276 g/mol. The van der Waals surface area contributed by atoms with E-state index < -0.39 is 0 Å². The van der Waals surface area contributed by atoms with Crippen molar-refractivity contribution in [2.75, 3.05) is 13.1 Å². The van der Waals surface area contributed by atoms with Gasteiger partial charge in [0.15, 0.2) is 0 Å². The van der Waals surface area contributed by atoms with Crippen molar-refractivity contribution in [2.45, 2.75) is 74.6 Å². The number of hydrogen-bond donors (Lipinski definition) is 0. The van der Waals surface area contributed by atoms with Gasteiger partial charge in [-0.05, 0) is 56.8 Å². The van der Waals surface area contributed by atoms with E-state index in [2.05, 4.69) is 30.2 Å². The van der Waals surface area contributed by atoms with Gasteiger partial charge in [0.2, 0.25) is 0 Å². The molecule has 2 nitrogen and oxygen atoms in total. The van der Waals surface area contributed by atoms with Crippen LogP contribution in [0.3, 0.4) is 0 Å². The van der Waals surface area contributed by atoms with E-state index in [-0.39, 0.29) is 0 Å². The first-order valence-electron chi connectivity index (χ1n) is 8.73. The van der Waals surface area contributed by atoms with E-state index in [9.17, 15) is 0 Å². The van der Waals surface area contributed by atoms with Gasteiger partial charge in [0.25, 0.3) is 0 Å². The van der Waals surface area contributed by atoms with Gasteiger partial charge in [0, 0.05) is 17.5 Å². The third-order valence-corrected chi connectivity index (χ3v) is 6.15. The van der Waals surface area contributed by atoms with Crippen LogP contribution in [0.15, 0.2) is 23.4 Å². The molecule has 2 heterocycles. The van der Waals surface area contributed by atoms with Crippen LogP contribution in [0.25, 0.3) is 0 Å². The highest BCUT2D eigenvalue weighted by molar-refractivity contribution is 7.99. The largest absolute Gasteiger partial charge is 0.296 e. The summed E-state index contributed by atoms with van der Waals surface area (Å²) in [5.74, 6) is 0. The molecule has 21 heavy (non-hydrogen) atoms. The molecule has 2 aliphatic rings. The average Bonchev–Trinajstić information content (AvgIpc) is 2.98. The number of rotatable bonds is 5. The normalized spacial score (nSPS) is 24.5. The molecule has 1 aromatic rings. The van der Waals surface area contributed by atoms with Gasteiger partial charge in [-0.3, -0.25) is 4.90 Å². The fourth-order valence-corrected chi connectivity index (χ4v) is 4.94. The molecule has 1 aliphatic carbocycles. The Hall–Kier alpha value is -0.540. The molecule has 1 aliphatic heterocycles. The lowest BCUT2D eigenvalue weighted by atomic mass is 10.0. The lowest BCUT2D eigenvalue weighted by Gasteiger charge is -2.24. The van der Waals surface area contributed by atoms with E-state index in [4.69, 9.17) is 4.98 Å². The summed E-state index contributed by atoms with van der Waals surface area (Å²) in [6.07, 6.45) is 13.0. The Morgan fingerprint density at radius 2 is 2.00 bits per heavy atom. The highest BCUT2D eigenvalue weighted by atomic mass is 32.2. The minimum Gasteiger partial charge on any atom is -0.296 e. The van der Waals surface area contributed by atoms with E-state index in [1.807, 2.05) is 11.8 Å². The molecule has 0 N–H and O–H groups in total. The van der Waals surface area contributed by atoms with Crippen LogP contribution in [-0.4, -0.2) is 28.2 Å². The summed E-state index contributed by atoms with van der Waals surface area (Å²) < 4.78 is 0. The Kier molecular flexibility index (Phi) is 5.59. The predicted octanol–water partition coefficient (Wildman–Crippen LogP) is 5.05. The number of pyridine rings is 1. The third-order valence-electron chi connectivity index (χ3n) is 4.86. The molecule has 0 spiro atoms. The number of aromatic nitrogens is 1. The molecule has 1 saturated carbocycles. The second-order valence-electron chi connectivity index (χ2n) is 6.50. The van der Waals surface area contributed by atoms with E-state index in [1.165, 1.54) is 75.0 Å². The molecule has 2 fully saturated rings. The van der Waals surface area contributed by atoms with Crippen molar-refractivity contribution in [3.8, 4) is 0 Å². The highest BCUT2D eigenvalue weighted by Crippen LogP contribution is 2.35. The Bertz CT molecular complexity index is 425. The van der Waals surface area contributed by atoms with Crippen LogP contribution in [-0.2, 0) is 0 Å².